The van der Waals surface area contributed by atoms with Gasteiger partial charge in [-0.2, -0.15) is 0 Å². The molecule has 3 aromatic heterocycles. The highest BCUT2D eigenvalue weighted by Crippen LogP contribution is 2.38. The van der Waals surface area contributed by atoms with Crippen molar-refractivity contribution >= 4 is 44.4 Å². The molecule has 0 atom stereocenters. The minimum absolute atomic E-state index is 0.930. The van der Waals surface area contributed by atoms with E-state index in [1.54, 1.807) is 0 Å². The third kappa shape index (κ3) is 4.14. The summed E-state index contributed by atoms with van der Waals surface area (Å²) in [5.74, 6) is 0. The Morgan fingerprint density at radius 2 is 1.10 bits per heavy atom. The monoisotopic (exact) mass is 526 g/mol. The van der Waals surface area contributed by atoms with Gasteiger partial charge in [-0.1, -0.05) is 51.1 Å². The second-order valence-electron chi connectivity index (χ2n) is 11.0. The highest BCUT2D eigenvalue weighted by atomic mass is 14.8. The number of hydrogen-bond acceptors (Lipinski definition) is 2. The summed E-state index contributed by atoms with van der Waals surface area (Å²) in [6, 6.07) is 19.6. The molecule has 5 heterocycles. The molecule has 4 heteroatoms. The molecule has 8 bridgehead atoms. The van der Waals surface area contributed by atoms with Crippen molar-refractivity contribution in [3.8, 4) is 11.1 Å². The quantitative estimate of drug-likeness (QED) is 0.278. The molecular formula is C36H38N4. The van der Waals surface area contributed by atoms with Gasteiger partial charge in [0.2, 0.25) is 0 Å². The van der Waals surface area contributed by atoms with Crippen LogP contribution in [0.1, 0.15) is 86.9 Å². The lowest BCUT2D eigenvalue weighted by Crippen LogP contribution is -1.84. The van der Waals surface area contributed by atoms with Gasteiger partial charge in [0.25, 0.3) is 0 Å². The number of aromatic amines is 2. The summed E-state index contributed by atoms with van der Waals surface area (Å²) in [7, 11) is 0. The van der Waals surface area contributed by atoms with Crippen molar-refractivity contribution in [2.24, 2.45) is 0 Å². The van der Waals surface area contributed by atoms with E-state index in [2.05, 4.69) is 113 Å². The van der Waals surface area contributed by atoms with E-state index in [4.69, 9.17) is 9.97 Å². The van der Waals surface area contributed by atoms with Crippen molar-refractivity contribution in [2.75, 3.05) is 0 Å². The first-order valence-electron chi connectivity index (χ1n) is 14.5. The molecule has 0 fully saturated rings. The van der Waals surface area contributed by atoms with Gasteiger partial charge in [0.05, 0.1) is 22.8 Å². The Labute approximate surface area is 237 Å². The Morgan fingerprint density at radius 1 is 0.550 bits per heavy atom. The third-order valence-electron chi connectivity index (χ3n) is 8.79. The zero-order valence-corrected chi connectivity index (χ0v) is 24.7. The molecule has 2 aliphatic rings. The van der Waals surface area contributed by atoms with Gasteiger partial charge < -0.3 is 9.97 Å². The Bertz CT molecular complexity index is 1880. The molecule has 0 amide bonds. The first-order valence-corrected chi connectivity index (χ1v) is 14.5. The van der Waals surface area contributed by atoms with Crippen LogP contribution in [0, 0.1) is 13.8 Å². The average molecular weight is 527 g/mol. The number of rotatable bonds is 4. The SMILES string of the molecule is CCC1=C(C)c2cc3[nH]c(cc4[nH]c(cc5nc(cc1n2)C(C)=C5CC)c(C)c4-c1ccccc1)c(C)c3CC. The summed E-state index contributed by atoms with van der Waals surface area (Å²) in [5, 5.41) is 0. The molecule has 0 radical (unpaired) electrons. The van der Waals surface area contributed by atoms with Crippen LogP contribution in [0.3, 0.4) is 0 Å². The Balaban J connectivity index is 1.81. The number of aromatic nitrogens is 4. The van der Waals surface area contributed by atoms with Crippen LogP contribution in [0.15, 0.2) is 54.6 Å². The highest BCUT2D eigenvalue weighted by Gasteiger charge is 2.20. The first-order chi connectivity index (χ1) is 19.3. The lowest BCUT2D eigenvalue weighted by Gasteiger charge is -2.02. The maximum absolute atomic E-state index is 5.18. The maximum Gasteiger partial charge on any atom is 0.0693 e. The van der Waals surface area contributed by atoms with Crippen molar-refractivity contribution in [3.63, 3.8) is 0 Å². The summed E-state index contributed by atoms with van der Waals surface area (Å²) in [4.78, 5) is 17.9. The number of hydrogen-bond donors (Lipinski definition) is 2. The van der Waals surface area contributed by atoms with E-state index < -0.39 is 0 Å². The van der Waals surface area contributed by atoms with E-state index in [1.165, 1.54) is 50.1 Å². The van der Waals surface area contributed by atoms with E-state index >= 15 is 0 Å². The van der Waals surface area contributed by atoms with E-state index in [-0.39, 0.29) is 0 Å². The van der Waals surface area contributed by atoms with Gasteiger partial charge in [0.15, 0.2) is 0 Å². The molecule has 4 aromatic rings. The molecule has 0 spiro atoms. The lowest BCUT2D eigenvalue weighted by molar-refractivity contribution is 1.14. The largest absolute Gasteiger partial charge is 0.355 e. The number of fused-ring (bicyclic) bond motifs is 8. The standard InChI is InChI=1S/C36H38N4/c1-8-25-20(4)28-17-33-27(10-3)22(6)30(39-33)19-35-36(24-14-12-11-13-15-24)23(7)31(40-35)18-34-26(9-2)21(5)29(38-34)16-32(25)37-28/h11-19,39-40H,8-10H2,1-7H3. The van der Waals surface area contributed by atoms with E-state index in [9.17, 15) is 0 Å². The number of nitrogens with zero attached hydrogens (tertiary/aromatic N) is 2. The smallest absolute Gasteiger partial charge is 0.0693 e. The molecule has 2 N–H and O–H groups in total. The van der Waals surface area contributed by atoms with Gasteiger partial charge in [-0.15, -0.1) is 0 Å². The van der Waals surface area contributed by atoms with Crippen LogP contribution in [-0.4, -0.2) is 19.9 Å². The minimum atomic E-state index is 0.930. The second-order valence-corrected chi connectivity index (χ2v) is 11.0. The number of H-pyrrole nitrogens is 2. The number of allylic oxidation sites excluding steroid dienone is 4. The molecule has 40 heavy (non-hydrogen) atoms. The predicted octanol–water partition coefficient (Wildman–Crippen LogP) is 9.84. The molecule has 0 saturated carbocycles. The van der Waals surface area contributed by atoms with Crippen LogP contribution in [0.4, 0.5) is 0 Å². The highest BCUT2D eigenvalue weighted by molar-refractivity contribution is 5.97. The minimum Gasteiger partial charge on any atom is -0.355 e. The molecule has 4 nitrogen and oxygen atoms in total. The summed E-state index contributed by atoms with van der Waals surface area (Å²) in [5.41, 5.74) is 20.0. The predicted molar refractivity (Wildman–Crippen MR) is 171 cm³/mol. The van der Waals surface area contributed by atoms with Crippen LogP contribution in [0.25, 0.3) is 55.5 Å². The summed E-state index contributed by atoms with van der Waals surface area (Å²) in [6.07, 6.45) is 2.82. The molecule has 1 aromatic carbocycles. The number of benzene rings is 1. The molecule has 6 rings (SSSR count). The van der Waals surface area contributed by atoms with E-state index in [0.29, 0.717) is 0 Å². The summed E-state index contributed by atoms with van der Waals surface area (Å²) >= 11 is 0. The van der Waals surface area contributed by atoms with Crippen molar-refractivity contribution < 1.29 is 0 Å². The van der Waals surface area contributed by atoms with Crippen LogP contribution < -0.4 is 0 Å². The fraction of sp³-hybridized carbons (Fsp3) is 0.278. The van der Waals surface area contributed by atoms with Crippen LogP contribution in [0.2, 0.25) is 0 Å². The van der Waals surface area contributed by atoms with Crippen LogP contribution in [-0.2, 0) is 6.42 Å². The first kappa shape index (κ1) is 26.1. The van der Waals surface area contributed by atoms with Gasteiger partial charge in [-0.05, 0) is 116 Å². The zero-order valence-electron chi connectivity index (χ0n) is 24.7. The van der Waals surface area contributed by atoms with Crippen LogP contribution in [0.5, 0.6) is 0 Å². The molecule has 0 aliphatic carbocycles. The number of nitrogens with one attached hydrogen (secondary N) is 2. The van der Waals surface area contributed by atoms with Crippen molar-refractivity contribution in [1.29, 1.82) is 0 Å². The molecule has 0 saturated heterocycles. The van der Waals surface area contributed by atoms with Crippen molar-refractivity contribution in [1.82, 2.24) is 19.9 Å². The molecule has 2 aliphatic heterocycles. The summed E-state index contributed by atoms with van der Waals surface area (Å²) < 4.78 is 0. The summed E-state index contributed by atoms with van der Waals surface area (Å²) in [6.45, 7) is 15.5. The van der Waals surface area contributed by atoms with Gasteiger partial charge in [-0.25, -0.2) is 9.97 Å². The number of aryl methyl sites for hydroxylation is 3. The lowest BCUT2D eigenvalue weighted by atomic mass is 10.0. The zero-order chi connectivity index (χ0) is 28.1. The van der Waals surface area contributed by atoms with Gasteiger partial charge in [-0.3, -0.25) is 0 Å². The van der Waals surface area contributed by atoms with E-state index in [1.807, 2.05) is 0 Å². The normalized spacial score (nSPS) is 13.5. The van der Waals surface area contributed by atoms with Crippen molar-refractivity contribution in [3.05, 3.63) is 94.1 Å². The van der Waals surface area contributed by atoms with Gasteiger partial charge >= 0.3 is 0 Å². The maximum atomic E-state index is 5.18. The Morgan fingerprint density at radius 3 is 1.73 bits per heavy atom. The third-order valence-corrected chi connectivity index (χ3v) is 8.79. The van der Waals surface area contributed by atoms with Crippen LogP contribution >= 0.6 is 0 Å². The Kier molecular flexibility index (Phi) is 6.58. The van der Waals surface area contributed by atoms with E-state index in [0.717, 1.165) is 64.1 Å². The topological polar surface area (TPSA) is 57.4 Å². The molecule has 202 valence electrons. The molecule has 0 unspecified atom stereocenters. The fourth-order valence-electron chi connectivity index (χ4n) is 6.48. The fourth-order valence-corrected chi connectivity index (χ4v) is 6.48. The van der Waals surface area contributed by atoms with Gasteiger partial charge in [0, 0.05) is 27.6 Å². The second kappa shape index (κ2) is 10.1. The van der Waals surface area contributed by atoms with Crippen molar-refractivity contribution in [2.45, 2.75) is 67.7 Å². The average Bonchev–Trinajstić information content (AvgIpc) is 3.62. The van der Waals surface area contributed by atoms with Gasteiger partial charge in [0.1, 0.15) is 0 Å². The molecular weight excluding hydrogens is 488 g/mol. The Hall–Kier alpha value is -4.18.